The number of nitrogens with zero attached hydrogens (tertiary/aromatic N) is 2. The largest absolute Gasteiger partial charge is 0.495 e. The number of benzene rings is 2. The third-order valence-corrected chi connectivity index (χ3v) is 4.05. The molecule has 25 heavy (non-hydrogen) atoms. The van der Waals surface area contributed by atoms with Gasteiger partial charge >= 0.3 is 0 Å². The fourth-order valence-corrected chi connectivity index (χ4v) is 2.52. The van der Waals surface area contributed by atoms with Gasteiger partial charge in [-0.05, 0) is 42.5 Å². The van der Waals surface area contributed by atoms with Crippen molar-refractivity contribution >= 4 is 44.7 Å². The Balaban J connectivity index is 1.88. The zero-order chi connectivity index (χ0) is 17.8. The van der Waals surface area contributed by atoms with Crippen LogP contribution in [0.5, 0.6) is 17.4 Å². The Morgan fingerprint density at radius 3 is 2.60 bits per heavy atom. The summed E-state index contributed by atoms with van der Waals surface area (Å²) in [5.74, 6) is 1.86. The molecule has 0 bridgehead atoms. The zero-order valence-corrected chi connectivity index (χ0v) is 15.5. The van der Waals surface area contributed by atoms with Gasteiger partial charge in [-0.2, -0.15) is 4.98 Å². The average molecular weight is 422 g/mol. The highest BCUT2D eigenvalue weighted by Crippen LogP contribution is 2.35. The number of rotatable bonds is 5. The van der Waals surface area contributed by atoms with Crippen LogP contribution in [-0.4, -0.2) is 17.1 Å². The lowest BCUT2D eigenvalue weighted by atomic mass is 10.3. The molecule has 0 saturated carbocycles. The van der Waals surface area contributed by atoms with Gasteiger partial charge in [0, 0.05) is 9.50 Å². The Hall–Kier alpha value is -2.51. The maximum Gasteiger partial charge on any atom is 0.248 e. The van der Waals surface area contributed by atoms with Crippen molar-refractivity contribution in [1.29, 1.82) is 0 Å². The van der Waals surface area contributed by atoms with Crippen LogP contribution in [0.15, 0.2) is 53.3 Å². The first-order valence-corrected chi connectivity index (χ1v) is 8.38. The number of halogens is 2. The Labute approximate surface area is 158 Å². The molecule has 3 N–H and O–H groups in total. The van der Waals surface area contributed by atoms with E-state index in [0.717, 1.165) is 4.47 Å². The van der Waals surface area contributed by atoms with Crippen LogP contribution in [-0.2, 0) is 0 Å². The minimum absolute atomic E-state index is 0.251. The summed E-state index contributed by atoms with van der Waals surface area (Å²) in [7, 11) is 1.57. The number of anilines is 3. The van der Waals surface area contributed by atoms with Gasteiger partial charge in [0.05, 0.1) is 12.8 Å². The van der Waals surface area contributed by atoms with Crippen LogP contribution in [0, 0.1) is 0 Å². The highest BCUT2D eigenvalue weighted by Gasteiger charge is 2.13. The van der Waals surface area contributed by atoms with Crippen molar-refractivity contribution in [2.45, 2.75) is 0 Å². The Kier molecular flexibility index (Phi) is 5.25. The zero-order valence-electron chi connectivity index (χ0n) is 13.2. The molecule has 0 aliphatic rings. The van der Waals surface area contributed by atoms with E-state index in [9.17, 15) is 0 Å². The summed E-state index contributed by atoms with van der Waals surface area (Å²) >= 11 is 9.42. The van der Waals surface area contributed by atoms with Gasteiger partial charge in [-0.15, -0.1) is 0 Å². The number of ether oxygens (including phenoxy) is 2. The SMILES string of the molecule is COc1ccc(Cl)cc1Nc1ncnc(Oc2ccc(Br)cc2)c1N. The molecule has 0 fully saturated rings. The number of hydrogen-bond acceptors (Lipinski definition) is 6. The third kappa shape index (κ3) is 4.12. The predicted molar refractivity (Wildman–Crippen MR) is 102 cm³/mol. The molecular formula is C17H14BrClN4O2. The van der Waals surface area contributed by atoms with E-state index >= 15 is 0 Å². The van der Waals surface area contributed by atoms with Crippen molar-refractivity contribution in [1.82, 2.24) is 9.97 Å². The van der Waals surface area contributed by atoms with Gasteiger partial charge in [0.15, 0.2) is 5.82 Å². The van der Waals surface area contributed by atoms with E-state index in [0.29, 0.717) is 28.0 Å². The van der Waals surface area contributed by atoms with Crippen molar-refractivity contribution in [2.24, 2.45) is 0 Å². The maximum absolute atomic E-state index is 6.14. The Bertz CT molecular complexity index is 890. The van der Waals surface area contributed by atoms with Crippen LogP contribution in [0.2, 0.25) is 5.02 Å². The topological polar surface area (TPSA) is 82.3 Å². The second kappa shape index (κ2) is 7.58. The van der Waals surface area contributed by atoms with Crippen molar-refractivity contribution in [3.8, 4) is 17.4 Å². The summed E-state index contributed by atoms with van der Waals surface area (Å²) in [6.45, 7) is 0. The lowest BCUT2D eigenvalue weighted by Crippen LogP contribution is -2.04. The molecule has 3 aromatic rings. The molecular weight excluding hydrogens is 408 g/mol. The highest BCUT2D eigenvalue weighted by molar-refractivity contribution is 9.10. The molecule has 2 aromatic carbocycles. The van der Waals surface area contributed by atoms with Gasteiger partial charge in [0.1, 0.15) is 23.5 Å². The van der Waals surface area contributed by atoms with Crippen molar-refractivity contribution in [3.05, 3.63) is 58.3 Å². The first-order valence-electron chi connectivity index (χ1n) is 7.21. The molecule has 0 unspecified atom stereocenters. The van der Waals surface area contributed by atoms with E-state index < -0.39 is 0 Å². The summed E-state index contributed by atoms with van der Waals surface area (Å²) in [6, 6.07) is 12.5. The molecule has 0 saturated heterocycles. The van der Waals surface area contributed by atoms with Gasteiger partial charge < -0.3 is 20.5 Å². The highest BCUT2D eigenvalue weighted by atomic mass is 79.9. The van der Waals surface area contributed by atoms with E-state index in [1.54, 1.807) is 37.4 Å². The standard InChI is InChI=1S/C17H14BrClN4O2/c1-24-14-7-4-11(19)8-13(14)23-16-15(20)17(22-9-21-16)25-12-5-2-10(18)3-6-12/h2-9H,20H2,1H3,(H,21,22,23). The van der Waals surface area contributed by atoms with Crippen LogP contribution < -0.4 is 20.5 Å². The molecule has 0 spiro atoms. The molecule has 6 nitrogen and oxygen atoms in total. The van der Waals surface area contributed by atoms with Gasteiger partial charge in [-0.25, -0.2) is 4.98 Å². The normalized spacial score (nSPS) is 10.4. The van der Waals surface area contributed by atoms with Crippen molar-refractivity contribution in [3.63, 3.8) is 0 Å². The summed E-state index contributed by atoms with van der Waals surface area (Å²) in [4.78, 5) is 8.25. The summed E-state index contributed by atoms with van der Waals surface area (Å²) in [6.07, 6.45) is 1.36. The van der Waals surface area contributed by atoms with Gasteiger partial charge in [0.2, 0.25) is 5.88 Å². The smallest absolute Gasteiger partial charge is 0.248 e. The van der Waals surface area contributed by atoms with E-state index in [1.165, 1.54) is 6.33 Å². The summed E-state index contributed by atoms with van der Waals surface area (Å²) in [5.41, 5.74) is 7.05. The van der Waals surface area contributed by atoms with Crippen molar-refractivity contribution in [2.75, 3.05) is 18.2 Å². The summed E-state index contributed by atoms with van der Waals surface area (Å²) in [5, 5.41) is 3.65. The van der Waals surface area contributed by atoms with Crippen molar-refractivity contribution < 1.29 is 9.47 Å². The molecule has 128 valence electrons. The van der Waals surface area contributed by atoms with E-state index in [4.69, 9.17) is 26.8 Å². The van der Waals surface area contributed by atoms with E-state index in [2.05, 4.69) is 31.2 Å². The quantitative estimate of drug-likeness (QED) is 0.602. The molecule has 0 aliphatic heterocycles. The minimum atomic E-state index is 0.251. The average Bonchev–Trinajstić information content (AvgIpc) is 2.60. The molecule has 0 atom stereocenters. The minimum Gasteiger partial charge on any atom is -0.495 e. The lowest BCUT2D eigenvalue weighted by Gasteiger charge is -2.14. The predicted octanol–water partition coefficient (Wildman–Crippen LogP) is 5.02. The third-order valence-electron chi connectivity index (χ3n) is 3.29. The first-order chi connectivity index (χ1) is 12.1. The fraction of sp³-hybridized carbons (Fsp3) is 0.0588. The second-order valence-electron chi connectivity index (χ2n) is 4.97. The molecule has 1 aromatic heterocycles. The summed E-state index contributed by atoms with van der Waals surface area (Å²) < 4.78 is 12.0. The van der Waals surface area contributed by atoms with Crippen LogP contribution >= 0.6 is 27.5 Å². The monoisotopic (exact) mass is 420 g/mol. The molecule has 1 heterocycles. The van der Waals surface area contributed by atoms with Gasteiger partial charge in [0.25, 0.3) is 0 Å². The lowest BCUT2D eigenvalue weighted by molar-refractivity contribution is 0.417. The number of nitrogen functional groups attached to an aromatic ring is 1. The maximum atomic E-state index is 6.14. The van der Waals surface area contributed by atoms with Crippen LogP contribution in [0.3, 0.4) is 0 Å². The van der Waals surface area contributed by atoms with Gasteiger partial charge in [-0.3, -0.25) is 0 Å². The molecule has 0 radical (unpaired) electrons. The first kappa shape index (κ1) is 17.3. The molecule has 0 amide bonds. The number of hydrogen-bond donors (Lipinski definition) is 2. The Morgan fingerprint density at radius 2 is 1.88 bits per heavy atom. The Morgan fingerprint density at radius 1 is 1.12 bits per heavy atom. The number of methoxy groups -OCH3 is 1. The molecule has 8 heteroatoms. The van der Waals surface area contributed by atoms with Crippen LogP contribution in [0.4, 0.5) is 17.2 Å². The fourth-order valence-electron chi connectivity index (χ4n) is 2.08. The van der Waals surface area contributed by atoms with Crippen LogP contribution in [0.1, 0.15) is 0 Å². The van der Waals surface area contributed by atoms with E-state index in [-0.39, 0.29) is 11.6 Å². The molecule has 0 aliphatic carbocycles. The van der Waals surface area contributed by atoms with E-state index in [1.807, 2.05) is 12.1 Å². The van der Waals surface area contributed by atoms with Crippen LogP contribution in [0.25, 0.3) is 0 Å². The number of nitrogens with one attached hydrogen (secondary N) is 1. The second-order valence-corrected chi connectivity index (χ2v) is 6.32. The van der Waals surface area contributed by atoms with Gasteiger partial charge in [-0.1, -0.05) is 27.5 Å². The molecule has 3 rings (SSSR count). The number of aromatic nitrogens is 2. The number of nitrogens with two attached hydrogens (primary N) is 1.